The lowest BCUT2D eigenvalue weighted by atomic mass is 9.69. The number of urea groups is 1. The molecule has 1 aromatic heterocycles. The van der Waals surface area contributed by atoms with E-state index in [-0.39, 0.29) is 23.2 Å². The monoisotopic (exact) mass is 450 g/mol. The minimum Gasteiger partial charge on any atom is -0.393 e. The molecule has 2 N–H and O–H groups in total. The maximum atomic E-state index is 12.9. The van der Waals surface area contributed by atoms with E-state index in [4.69, 9.17) is 0 Å². The van der Waals surface area contributed by atoms with Crippen molar-refractivity contribution in [2.24, 2.45) is 0 Å². The van der Waals surface area contributed by atoms with E-state index in [1.807, 2.05) is 0 Å². The topological polar surface area (TPSA) is 84.8 Å². The maximum absolute atomic E-state index is 12.9. The van der Waals surface area contributed by atoms with Gasteiger partial charge in [0.15, 0.2) is 0 Å². The second-order valence-corrected chi connectivity index (χ2v) is 10.0. The molecule has 0 atom stereocenters. The maximum Gasteiger partial charge on any atom is 0.322 e. The van der Waals surface area contributed by atoms with Gasteiger partial charge in [-0.1, -0.05) is 30.3 Å². The Hall–Kier alpha value is -2.71. The minimum atomic E-state index is -0.228. The van der Waals surface area contributed by atoms with Gasteiger partial charge in [0.2, 0.25) is 5.95 Å². The van der Waals surface area contributed by atoms with Crippen molar-refractivity contribution in [3.05, 3.63) is 48.3 Å². The quantitative estimate of drug-likeness (QED) is 0.745. The fourth-order valence-electron chi connectivity index (χ4n) is 5.77. The molecule has 8 heteroatoms. The molecule has 5 rings (SSSR count). The van der Waals surface area contributed by atoms with Gasteiger partial charge in [0.1, 0.15) is 0 Å². The number of piperidine rings is 1. The third kappa shape index (κ3) is 4.06. The predicted molar refractivity (Wildman–Crippen MR) is 128 cm³/mol. The second-order valence-electron chi connectivity index (χ2n) is 10.0. The number of aliphatic hydroxyl groups is 1. The van der Waals surface area contributed by atoms with Crippen molar-refractivity contribution in [3.8, 4) is 0 Å². The molecule has 3 heterocycles. The van der Waals surface area contributed by atoms with Crippen LogP contribution in [0.5, 0.6) is 0 Å². The number of hydrogen-bond donors (Lipinski definition) is 2. The first-order valence-electron chi connectivity index (χ1n) is 12.0. The number of hydrogen-bond acceptors (Lipinski definition) is 6. The van der Waals surface area contributed by atoms with E-state index in [0.717, 1.165) is 57.3 Å². The number of carbonyl (C=O) groups is 1. The molecule has 1 aromatic carbocycles. The summed E-state index contributed by atoms with van der Waals surface area (Å²) in [5.74, 6) is 0.663. The SMILES string of the molecule is CN(C)[C@]1(c2ccccc2)CC[C@@]2(CC1)CN(c1cnc(N3CCC(O)CC3)nc1)C(=O)N2. The normalized spacial score (nSPS) is 28.5. The van der Waals surface area contributed by atoms with Crippen molar-refractivity contribution in [3.63, 3.8) is 0 Å². The Morgan fingerprint density at radius 3 is 2.27 bits per heavy atom. The molecular weight excluding hydrogens is 416 g/mol. The van der Waals surface area contributed by atoms with Crippen LogP contribution in [0.4, 0.5) is 16.4 Å². The van der Waals surface area contributed by atoms with Gasteiger partial charge >= 0.3 is 6.03 Å². The molecule has 176 valence electrons. The first-order chi connectivity index (χ1) is 15.9. The third-order valence-corrected chi connectivity index (χ3v) is 7.96. The van der Waals surface area contributed by atoms with Crippen molar-refractivity contribution in [2.45, 2.75) is 55.7 Å². The molecule has 0 bridgehead atoms. The van der Waals surface area contributed by atoms with Gasteiger partial charge in [0.25, 0.3) is 0 Å². The lowest BCUT2D eigenvalue weighted by Gasteiger charge is -2.48. The summed E-state index contributed by atoms with van der Waals surface area (Å²) in [6, 6.07) is 10.7. The summed E-state index contributed by atoms with van der Waals surface area (Å²) in [6.45, 7) is 2.15. The fraction of sp³-hybridized carbons (Fsp3) is 0.560. The Bertz CT molecular complexity index is 964. The van der Waals surface area contributed by atoms with Crippen molar-refractivity contribution in [2.75, 3.05) is 43.5 Å². The largest absolute Gasteiger partial charge is 0.393 e. The number of nitrogens with one attached hydrogen (secondary N) is 1. The lowest BCUT2D eigenvalue weighted by Crippen LogP contribution is -2.54. The summed E-state index contributed by atoms with van der Waals surface area (Å²) in [5, 5.41) is 13.0. The van der Waals surface area contributed by atoms with Crippen LogP contribution in [0, 0.1) is 0 Å². The zero-order chi connectivity index (χ0) is 23.1. The van der Waals surface area contributed by atoms with Crippen LogP contribution in [0.15, 0.2) is 42.7 Å². The number of anilines is 2. The Balaban J connectivity index is 1.28. The number of aromatic nitrogens is 2. The van der Waals surface area contributed by atoms with E-state index < -0.39 is 0 Å². The van der Waals surface area contributed by atoms with Gasteiger partial charge in [-0.05, 0) is 58.2 Å². The van der Waals surface area contributed by atoms with Crippen LogP contribution in [0.1, 0.15) is 44.1 Å². The Labute approximate surface area is 195 Å². The second kappa shape index (κ2) is 8.57. The summed E-state index contributed by atoms with van der Waals surface area (Å²) in [4.78, 5) is 28.2. The Morgan fingerprint density at radius 1 is 1.03 bits per heavy atom. The molecule has 0 radical (unpaired) electrons. The first-order valence-corrected chi connectivity index (χ1v) is 12.0. The molecule has 1 aliphatic carbocycles. The molecule has 8 nitrogen and oxygen atoms in total. The number of benzene rings is 1. The van der Waals surface area contributed by atoms with Gasteiger partial charge in [-0.15, -0.1) is 0 Å². The van der Waals surface area contributed by atoms with E-state index >= 15 is 0 Å². The summed E-state index contributed by atoms with van der Waals surface area (Å²) in [6.07, 6.45) is 8.59. The summed E-state index contributed by atoms with van der Waals surface area (Å²) < 4.78 is 0. The van der Waals surface area contributed by atoms with Crippen LogP contribution in [-0.2, 0) is 5.54 Å². The molecule has 2 amide bonds. The zero-order valence-corrected chi connectivity index (χ0v) is 19.6. The number of amides is 2. The first kappa shape index (κ1) is 22.1. The van der Waals surface area contributed by atoms with E-state index in [9.17, 15) is 9.90 Å². The van der Waals surface area contributed by atoms with Gasteiger partial charge in [0, 0.05) is 18.6 Å². The van der Waals surface area contributed by atoms with E-state index in [2.05, 4.69) is 69.5 Å². The molecule has 3 aliphatic rings. The summed E-state index contributed by atoms with van der Waals surface area (Å²) in [5.41, 5.74) is 1.86. The molecule has 3 fully saturated rings. The molecule has 1 spiro atoms. The molecule has 2 aliphatic heterocycles. The van der Waals surface area contributed by atoms with Gasteiger partial charge in [-0.3, -0.25) is 9.80 Å². The van der Waals surface area contributed by atoms with Crippen LogP contribution in [-0.4, -0.2) is 71.4 Å². The van der Waals surface area contributed by atoms with E-state index in [1.54, 1.807) is 17.3 Å². The summed E-state index contributed by atoms with van der Waals surface area (Å²) in [7, 11) is 4.32. The summed E-state index contributed by atoms with van der Waals surface area (Å²) >= 11 is 0. The minimum absolute atomic E-state index is 0.00254. The highest BCUT2D eigenvalue weighted by molar-refractivity contribution is 5.95. The van der Waals surface area contributed by atoms with Crippen molar-refractivity contribution in [1.82, 2.24) is 20.2 Å². The predicted octanol–water partition coefficient (Wildman–Crippen LogP) is 2.74. The van der Waals surface area contributed by atoms with Gasteiger partial charge in [-0.25, -0.2) is 14.8 Å². The Morgan fingerprint density at radius 2 is 1.67 bits per heavy atom. The number of carbonyl (C=O) groups excluding carboxylic acids is 1. The number of nitrogens with zero attached hydrogens (tertiary/aromatic N) is 5. The van der Waals surface area contributed by atoms with Crippen molar-refractivity contribution in [1.29, 1.82) is 0 Å². The van der Waals surface area contributed by atoms with Crippen LogP contribution >= 0.6 is 0 Å². The van der Waals surface area contributed by atoms with Crippen LogP contribution in [0.2, 0.25) is 0 Å². The molecule has 2 saturated heterocycles. The third-order valence-electron chi connectivity index (χ3n) is 7.96. The Kier molecular flexibility index (Phi) is 5.74. The van der Waals surface area contributed by atoms with E-state index in [0.29, 0.717) is 12.5 Å². The molecule has 0 unspecified atom stereocenters. The highest BCUT2D eigenvalue weighted by atomic mass is 16.3. The van der Waals surface area contributed by atoms with Gasteiger partial charge in [-0.2, -0.15) is 0 Å². The van der Waals surface area contributed by atoms with Crippen molar-refractivity contribution < 1.29 is 9.90 Å². The average molecular weight is 451 g/mol. The number of rotatable bonds is 4. The van der Waals surface area contributed by atoms with Crippen LogP contribution in [0.3, 0.4) is 0 Å². The van der Waals surface area contributed by atoms with E-state index in [1.165, 1.54) is 5.56 Å². The highest BCUT2D eigenvalue weighted by Crippen LogP contribution is 2.46. The number of aliphatic hydroxyl groups excluding tert-OH is 1. The van der Waals surface area contributed by atoms with Crippen LogP contribution in [0.25, 0.3) is 0 Å². The lowest BCUT2D eigenvalue weighted by molar-refractivity contribution is 0.0658. The molecular formula is C25H34N6O2. The highest BCUT2D eigenvalue weighted by Gasteiger charge is 2.50. The van der Waals surface area contributed by atoms with Crippen molar-refractivity contribution >= 4 is 17.7 Å². The van der Waals surface area contributed by atoms with Gasteiger partial charge < -0.3 is 15.3 Å². The average Bonchev–Trinajstić information content (AvgIpc) is 3.16. The molecule has 33 heavy (non-hydrogen) atoms. The zero-order valence-electron chi connectivity index (χ0n) is 19.6. The fourth-order valence-corrected chi connectivity index (χ4v) is 5.77. The molecule has 1 saturated carbocycles. The smallest absolute Gasteiger partial charge is 0.322 e. The standard InChI is InChI=1S/C25H34N6O2/c1-29(2)25(19-6-4-3-5-7-19)12-10-24(11-13-25)18-31(23(33)28-24)20-16-26-22(27-17-20)30-14-8-21(32)9-15-30/h3-7,16-17,21,32H,8-15,18H2,1-2H3,(H,28,33)/t24-,25-. The van der Waals surface area contributed by atoms with Gasteiger partial charge in [0.05, 0.1) is 36.3 Å². The molecule has 2 aromatic rings. The van der Waals surface area contributed by atoms with Crippen LogP contribution < -0.4 is 15.1 Å².